The number of hydrogen-bond acceptors (Lipinski definition) is 5. The zero-order valence-electron chi connectivity index (χ0n) is 17.6. The minimum absolute atomic E-state index is 0.0239. The molecule has 1 atom stereocenters. The van der Waals surface area contributed by atoms with Gasteiger partial charge in [0, 0.05) is 47.8 Å². The van der Waals surface area contributed by atoms with Crippen molar-refractivity contribution in [3.05, 3.63) is 70.4 Å². The van der Waals surface area contributed by atoms with E-state index in [9.17, 15) is 14.0 Å². The van der Waals surface area contributed by atoms with Crippen LogP contribution in [-0.4, -0.2) is 38.4 Å². The monoisotopic (exact) mass is 438 g/mol. The molecule has 0 radical (unpaired) electrons. The number of thiophene rings is 1. The Morgan fingerprint density at radius 1 is 1.19 bits per heavy atom. The van der Waals surface area contributed by atoms with Gasteiger partial charge in [-0.25, -0.2) is 4.39 Å². The van der Waals surface area contributed by atoms with Gasteiger partial charge in [-0.05, 0) is 49.4 Å². The molecule has 0 spiro atoms. The van der Waals surface area contributed by atoms with Crippen LogP contribution in [0.2, 0.25) is 0 Å². The number of halogens is 1. The molecule has 2 heterocycles. The second kappa shape index (κ2) is 8.51. The molecule has 4 rings (SSSR count). The Hall–Kier alpha value is -3.19. The van der Waals surface area contributed by atoms with Crippen molar-refractivity contribution in [3.8, 4) is 16.2 Å². The highest BCUT2D eigenvalue weighted by molar-refractivity contribution is 7.17. The highest BCUT2D eigenvalue weighted by atomic mass is 32.1. The van der Waals surface area contributed by atoms with Crippen molar-refractivity contribution in [3.63, 3.8) is 0 Å². The van der Waals surface area contributed by atoms with Gasteiger partial charge in [0.1, 0.15) is 17.7 Å². The standard InChI is InChI=1S/C24H23FN2O3S/c1-14(28)21-7-8-22(31-21)20-12-17(25)9-16-11-19(30-23(16)20)13-26-24(29)15-5-4-6-18(10-15)27(2)3/h4-10,12,19H,11,13H2,1-3H3,(H,26,29). The molecule has 1 aromatic heterocycles. The molecular formula is C24H23FN2O3S. The minimum atomic E-state index is -0.347. The van der Waals surface area contributed by atoms with E-state index < -0.39 is 0 Å². The molecule has 3 aromatic rings. The van der Waals surface area contributed by atoms with E-state index in [4.69, 9.17) is 4.74 Å². The molecule has 0 fully saturated rings. The summed E-state index contributed by atoms with van der Waals surface area (Å²) < 4.78 is 20.3. The van der Waals surface area contributed by atoms with E-state index in [0.717, 1.165) is 16.1 Å². The molecule has 5 nitrogen and oxygen atoms in total. The number of ether oxygens (including phenoxy) is 1. The van der Waals surface area contributed by atoms with Gasteiger partial charge in [-0.15, -0.1) is 11.3 Å². The van der Waals surface area contributed by atoms with Crippen LogP contribution in [0.5, 0.6) is 5.75 Å². The van der Waals surface area contributed by atoms with Crippen molar-refractivity contribution in [1.29, 1.82) is 0 Å². The van der Waals surface area contributed by atoms with Crippen LogP contribution in [0.25, 0.3) is 10.4 Å². The summed E-state index contributed by atoms with van der Waals surface area (Å²) in [5, 5.41) is 2.92. The number of carbonyl (C=O) groups is 2. The van der Waals surface area contributed by atoms with Crippen LogP contribution in [0, 0.1) is 5.82 Å². The summed E-state index contributed by atoms with van der Waals surface area (Å²) in [7, 11) is 3.84. The van der Waals surface area contributed by atoms with Gasteiger partial charge in [0.25, 0.3) is 5.91 Å². The summed E-state index contributed by atoms with van der Waals surface area (Å²) in [5.74, 6) is 0.0654. The van der Waals surface area contributed by atoms with Crippen molar-refractivity contribution in [2.45, 2.75) is 19.4 Å². The van der Waals surface area contributed by atoms with Gasteiger partial charge in [-0.1, -0.05) is 6.07 Å². The normalized spacial score (nSPS) is 14.6. The quantitative estimate of drug-likeness (QED) is 0.574. The van der Waals surface area contributed by atoms with E-state index in [1.54, 1.807) is 12.1 Å². The van der Waals surface area contributed by atoms with Crippen LogP contribution in [-0.2, 0) is 6.42 Å². The highest BCUT2D eigenvalue weighted by Gasteiger charge is 2.28. The molecule has 0 saturated heterocycles. The number of amides is 1. The maximum Gasteiger partial charge on any atom is 0.251 e. The number of benzene rings is 2. The number of fused-ring (bicyclic) bond motifs is 1. The molecule has 1 aliphatic heterocycles. The highest BCUT2D eigenvalue weighted by Crippen LogP contribution is 2.42. The zero-order valence-corrected chi connectivity index (χ0v) is 18.4. The number of Topliss-reactive ketones (excluding diaryl/α,β-unsaturated/α-hetero) is 1. The SMILES string of the molecule is CC(=O)c1ccc(-c2cc(F)cc3c2OC(CNC(=O)c2cccc(N(C)C)c2)C3)s1. The Bertz CT molecular complexity index is 1160. The molecule has 1 unspecified atom stereocenters. The number of nitrogens with zero attached hydrogens (tertiary/aromatic N) is 1. The van der Waals surface area contributed by atoms with Gasteiger partial charge < -0.3 is 15.0 Å². The van der Waals surface area contributed by atoms with Crippen molar-refractivity contribution >= 4 is 28.7 Å². The Morgan fingerprint density at radius 3 is 2.71 bits per heavy atom. The average Bonchev–Trinajstić information content (AvgIpc) is 3.38. The van der Waals surface area contributed by atoms with Gasteiger partial charge >= 0.3 is 0 Å². The molecule has 1 N–H and O–H groups in total. The van der Waals surface area contributed by atoms with Crippen molar-refractivity contribution in [2.75, 3.05) is 25.5 Å². The third-order valence-corrected chi connectivity index (χ3v) is 6.42. The number of rotatable bonds is 6. The summed E-state index contributed by atoms with van der Waals surface area (Å²) in [6.45, 7) is 1.82. The summed E-state index contributed by atoms with van der Waals surface area (Å²) in [5.41, 5.74) is 2.92. The van der Waals surface area contributed by atoms with Crippen molar-refractivity contribution < 1.29 is 18.7 Å². The van der Waals surface area contributed by atoms with Gasteiger partial charge in [-0.2, -0.15) is 0 Å². The van der Waals surface area contributed by atoms with Crippen LogP contribution in [0.3, 0.4) is 0 Å². The predicted molar refractivity (Wildman–Crippen MR) is 121 cm³/mol. The summed E-state index contributed by atoms with van der Waals surface area (Å²) in [6, 6.07) is 13.8. The first-order valence-electron chi connectivity index (χ1n) is 9.97. The molecule has 1 amide bonds. The van der Waals surface area contributed by atoms with E-state index in [1.165, 1.54) is 30.4 Å². The summed E-state index contributed by atoms with van der Waals surface area (Å²) in [6.07, 6.45) is 0.215. The van der Waals surface area contributed by atoms with E-state index in [-0.39, 0.29) is 23.6 Å². The lowest BCUT2D eigenvalue weighted by molar-refractivity contribution is 0.0933. The fourth-order valence-corrected chi connectivity index (χ4v) is 4.51. The van der Waals surface area contributed by atoms with E-state index in [2.05, 4.69) is 5.32 Å². The number of carbonyl (C=O) groups excluding carboxylic acids is 2. The second-order valence-electron chi connectivity index (χ2n) is 7.76. The molecule has 0 saturated carbocycles. The Balaban J connectivity index is 1.48. The maximum absolute atomic E-state index is 14.2. The zero-order chi connectivity index (χ0) is 22.1. The smallest absolute Gasteiger partial charge is 0.251 e. The van der Waals surface area contributed by atoms with E-state index >= 15 is 0 Å². The minimum Gasteiger partial charge on any atom is -0.487 e. The van der Waals surface area contributed by atoms with Crippen LogP contribution in [0.4, 0.5) is 10.1 Å². The maximum atomic E-state index is 14.2. The van der Waals surface area contributed by atoms with Gasteiger partial charge in [0.15, 0.2) is 5.78 Å². The van der Waals surface area contributed by atoms with Crippen molar-refractivity contribution in [2.24, 2.45) is 0 Å². The molecule has 160 valence electrons. The number of anilines is 1. The van der Waals surface area contributed by atoms with Crippen LogP contribution >= 0.6 is 11.3 Å². The van der Waals surface area contributed by atoms with E-state index in [1.807, 2.05) is 43.3 Å². The fourth-order valence-electron chi connectivity index (χ4n) is 3.60. The predicted octanol–water partition coefficient (Wildman–Crippen LogP) is 4.56. The Morgan fingerprint density at radius 2 is 2.00 bits per heavy atom. The topological polar surface area (TPSA) is 58.6 Å². The summed E-state index contributed by atoms with van der Waals surface area (Å²) >= 11 is 1.32. The van der Waals surface area contributed by atoms with Crippen LogP contribution in [0.1, 0.15) is 32.5 Å². The number of hydrogen-bond donors (Lipinski definition) is 1. The van der Waals surface area contributed by atoms with Gasteiger partial charge in [-0.3, -0.25) is 9.59 Å². The first-order valence-corrected chi connectivity index (χ1v) is 10.8. The largest absolute Gasteiger partial charge is 0.487 e. The molecule has 7 heteroatoms. The Labute approximate surface area is 184 Å². The lowest BCUT2D eigenvalue weighted by atomic mass is 10.0. The first kappa shape index (κ1) is 21.1. The van der Waals surface area contributed by atoms with E-state index in [0.29, 0.717) is 34.7 Å². The first-order chi connectivity index (χ1) is 14.8. The van der Waals surface area contributed by atoms with Gasteiger partial charge in [0.2, 0.25) is 0 Å². The lowest BCUT2D eigenvalue weighted by Crippen LogP contribution is -2.34. The van der Waals surface area contributed by atoms with Crippen molar-refractivity contribution in [1.82, 2.24) is 5.32 Å². The average molecular weight is 439 g/mol. The fraction of sp³-hybridized carbons (Fsp3) is 0.250. The lowest BCUT2D eigenvalue weighted by Gasteiger charge is -2.15. The third kappa shape index (κ3) is 4.46. The second-order valence-corrected chi connectivity index (χ2v) is 8.84. The molecule has 1 aliphatic rings. The van der Waals surface area contributed by atoms with Crippen LogP contribution in [0.15, 0.2) is 48.5 Å². The van der Waals surface area contributed by atoms with Gasteiger partial charge in [0.05, 0.1) is 11.4 Å². The third-order valence-electron chi connectivity index (χ3n) is 5.20. The number of nitrogens with one attached hydrogen (secondary N) is 1. The molecule has 31 heavy (non-hydrogen) atoms. The Kier molecular flexibility index (Phi) is 5.78. The summed E-state index contributed by atoms with van der Waals surface area (Å²) in [4.78, 5) is 27.6. The van der Waals surface area contributed by atoms with Crippen LogP contribution < -0.4 is 15.0 Å². The molecular weight excluding hydrogens is 415 g/mol. The molecule has 0 bridgehead atoms. The molecule has 2 aromatic carbocycles. The molecule has 0 aliphatic carbocycles. The number of ketones is 1.